The van der Waals surface area contributed by atoms with E-state index < -0.39 is 0 Å². The number of benzene rings is 1. The molecule has 1 heterocycles. The molecule has 1 nitrogen and oxygen atoms in total. The third-order valence-corrected chi connectivity index (χ3v) is 3.35. The summed E-state index contributed by atoms with van der Waals surface area (Å²) in [6, 6.07) is 9.26. The van der Waals surface area contributed by atoms with Gasteiger partial charge < -0.3 is 5.73 Å². The van der Waals surface area contributed by atoms with Crippen LogP contribution in [0.3, 0.4) is 0 Å². The zero-order chi connectivity index (χ0) is 10.8. The van der Waals surface area contributed by atoms with Crippen molar-refractivity contribution in [3.63, 3.8) is 0 Å². The maximum Gasteiger partial charge on any atom is 0.128 e. The maximum absolute atomic E-state index is 13.5. The largest absolute Gasteiger partial charge is 0.326 e. The Labute approximate surface area is 105 Å². The summed E-state index contributed by atoms with van der Waals surface area (Å²) in [6.45, 7) is 2.29. The van der Waals surface area contributed by atoms with Gasteiger partial charge in [0.1, 0.15) is 5.82 Å². The van der Waals surface area contributed by atoms with Gasteiger partial charge in [0.25, 0.3) is 0 Å². The van der Waals surface area contributed by atoms with Gasteiger partial charge in [-0.25, -0.2) is 4.39 Å². The summed E-state index contributed by atoms with van der Waals surface area (Å²) in [5, 5.41) is 0. The van der Waals surface area contributed by atoms with Crippen molar-refractivity contribution >= 4 is 23.7 Å². The highest BCUT2D eigenvalue weighted by molar-refractivity contribution is 7.15. The van der Waals surface area contributed by atoms with Crippen LogP contribution in [0.15, 0.2) is 30.3 Å². The van der Waals surface area contributed by atoms with Crippen molar-refractivity contribution in [1.29, 1.82) is 0 Å². The highest BCUT2D eigenvalue weighted by atomic mass is 35.5. The summed E-state index contributed by atoms with van der Waals surface area (Å²) < 4.78 is 13.5. The summed E-state index contributed by atoms with van der Waals surface area (Å²) in [6.07, 6.45) is 0. The average molecular weight is 258 g/mol. The highest BCUT2D eigenvalue weighted by Crippen LogP contribution is 2.28. The fourth-order valence-corrected chi connectivity index (χ4v) is 2.32. The Bertz CT molecular complexity index is 482. The number of nitrogens with two attached hydrogens (primary N) is 1. The molecule has 0 saturated heterocycles. The van der Waals surface area contributed by atoms with E-state index in [0.29, 0.717) is 5.56 Å². The number of rotatable bonds is 2. The maximum atomic E-state index is 13.5. The number of thiophene rings is 1. The molecule has 4 heteroatoms. The molecule has 0 aliphatic carbocycles. The fourth-order valence-electron chi connectivity index (χ4n) is 1.46. The second-order valence-corrected chi connectivity index (χ2v) is 4.71. The Kier molecular flexibility index (Phi) is 4.47. The third kappa shape index (κ3) is 2.61. The van der Waals surface area contributed by atoms with Crippen molar-refractivity contribution in [1.82, 2.24) is 0 Å². The van der Waals surface area contributed by atoms with Crippen LogP contribution in [-0.4, -0.2) is 0 Å². The molecule has 1 aromatic carbocycles. The molecule has 0 aliphatic heterocycles. The quantitative estimate of drug-likeness (QED) is 0.871. The molecule has 0 spiro atoms. The van der Waals surface area contributed by atoms with Crippen molar-refractivity contribution in [2.75, 3.05) is 0 Å². The minimum Gasteiger partial charge on any atom is -0.326 e. The van der Waals surface area contributed by atoms with Crippen LogP contribution in [0.2, 0.25) is 0 Å². The van der Waals surface area contributed by atoms with Gasteiger partial charge in [0.05, 0.1) is 0 Å². The van der Waals surface area contributed by atoms with Gasteiger partial charge in [-0.2, -0.15) is 0 Å². The predicted octanol–water partition coefficient (Wildman–Crippen LogP) is 3.74. The summed E-state index contributed by atoms with van der Waals surface area (Å²) in [7, 11) is 0. The first-order chi connectivity index (χ1) is 7.20. The Morgan fingerprint density at radius 2 is 2.00 bits per heavy atom. The van der Waals surface area contributed by atoms with Crippen LogP contribution < -0.4 is 5.73 Å². The zero-order valence-corrected chi connectivity index (χ0v) is 10.5. The molecule has 0 saturated carbocycles. The van der Waals surface area contributed by atoms with Crippen molar-refractivity contribution in [3.8, 4) is 10.4 Å². The summed E-state index contributed by atoms with van der Waals surface area (Å²) >= 11 is 1.67. The van der Waals surface area contributed by atoms with Gasteiger partial charge in [-0.05, 0) is 30.7 Å². The Hall–Kier alpha value is -0.900. The van der Waals surface area contributed by atoms with E-state index in [1.54, 1.807) is 23.5 Å². The van der Waals surface area contributed by atoms with Crippen LogP contribution in [0.1, 0.15) is 10.4 Å². The molecule has 0 aliphatic rings. The summed E-state index contributed by atoms with van der Waals surface area (Å²) in [5.41, 5.74) is 6.89. The van der Waals surface area contributed by atoms with E-state index in [0.717, 1.165) is 10.4 Å². The van der Waals surface area contributed by atoms with E-state index >= 15 is 0 Å². The molecule has 16 heavy (non-hydrogen) atoms. The first-order valence-corrected chi connectivity index (χ1v) is 5.57. The van der Waals surface area contributed by atoms with Gasteiger partial charge in [0, 0.05) is 21.9 Å². The second-order valence-electron chi connectivity index (χ2n) is 3.42. The number of aryl methyl sites for hydroxylation is 1. The third-order valence-electron chi connectivity index (χ3n) is 2.30. The monoisotopic (exact) mass is 257 g/mol. The lowest BCUT2D eigenvalue weighted by atomic mass is 10.1. The number of hydrogen-bond acceptors (Lipinski definition) is 2. The van der Waals surface area contributed by atoms with Crippen LogP contribution in [0.5, 0.6) is 0 Å². The van der Waals surface area contributed by atoms with Crippen LogP contribution in [0, 0.1) is 12.7 Å². The van der Waals surface area contributed by atoms with E-state index in [4.69, 9.17) is 5.73 Å². The van der Waals surface area contributed by atoms with Gasteiger partial charge >= 0.3 is 0 Å². The first kappa shape index (κ1) is 13.2. The molecule has 0 bridgehead atoms. The van der Waals surface area contributed by atoms with E-state index in [2.05, 4.69) is 0 Å². The highest BCUT2D eigenvalue weighted by Gasteiger charge is 2.05. The van der Waals surface area contributed by atoms with Crippen molar-refractivity contribution in [2.24, 2.45) is 5.73 Å². The van der Waals surface area contributed by atoms with E-state index in [9.17, 15) is 4.39 Å². The Balaban J connectivity index is 0.00000128. The van der Waals surface area contributed by atoms with Gasteiger partial charge in [-0.3, -0.25) is 0 Å². The van der Waals surface area contributed by atoms with Crippen molar-refractivity contribution in [2.45, 2.75) is 13.5 Å². The number of hydrogen-bond donors (Lipinski definition) is 1. The topological polar surface area (TPSA) is 26.0 Å². The van der Waals surface area contributed by atoms with E-state index in [-0.39, 0.29) is 24.8 Å². The average Bonchev–Trinajstić information content (AvgIpc) is 2.65. The van der Waals surface area contributed by atoms with Crippen LogP contribution in [0.25, 0.3) is 10.4 Å². The van der Waals surface area contributed by atoms with Crippen LogP contribution in [0.4, 0.5) is 4.39 Å². The van der Waals surface area contributed by atoms with Crippen molar-refractivity contribution in [3.05, 3.63) is 46.6 Å². The molecule has 0 amide bonds. The molecule has 2 rings (SSSR count). The van der Waals surface area contributed by atoms with Crippen LogP contribution >= 0.6 is 23.7 Å². The summed E-state index contributed by atoms with van der Waals surface area (Å²) in [4.78, 5) is 2.32. The smallest absolute Gasteiger partial charge is 0.128 e. The zero-order valence-electron chi connectivity index (χ0n) is 8.87. The molecule has 86 valence electrons. The fraction of sp³-hybridized carbons (Fsp3) is 0.167. The van der Waals surface area contributed by atoms with E-state index in [1.165, 1.54) is 4.88 Å². The Morgan fingerprint density at radius 3 is 2.50 bits per heavy atom. The minimum absolute atomic E-state index is 0. The standard InChI is InChI=1S/C12H12FNS.ClH/c1-8-2-5-12(15-8)9-3-4-10(7-14)11(13)6-9;/h2-6H,7,14H2,1H3;1H. The molecule has 0 fully saturated rings. The first-order valence-electron chi connectivity index (χ1n) is 4.76. The molecule has 0 radical (unpaired) electrons. The van der Waals surface area contributed by atoms with E-state index in [1.807, 2.05) is 25.1 Å². The van der Waals surface area contributed by atoms with Gasteiger partial charge in [-0.15, -0.1) is 23.7 Å². The SMILES string of the molecule is Cc1ccc(-c2ccc(CN)c(F)c2)s1.Cl. The predicted molar refractivity (Wildman–Crippen MR) is 69.6 cm³/mol. The summed E-state index contributed by atoms with van der Waals surface area (Å²) in [5.74, 6) is -0.221. The molecule has 1 aromatic heterocycles. The lowest BCUT2D eigenvalue weighted by molar-refractivity contribution is 0.611. The second kappa shape index (κ2) is 5.43. The molecule has 0 atom stereocenters. The Morgan fingerprint density at radius 1 is 1.25 bits per heavy atom. The lowest BCUT2D eigenvalue weighted by Crippen LogP contribution is -1.99. The lowest BCUT2D eigenvalue weighted by Gasteiger charge is -2.02. The van der Waals surface area contributed by atoms with Gasteiger partial charge in [0.15, 0.2) is 0 Å². The number of halogens is 2. The molecule has 0 unspecified atom stereocenters. The molecular weight excluding hydrogens is 245 g/mol. The molecule has 2 N–H and O–H groups in total. The van der Waals surface area contributed by atoms with Gasteiger partial charge in [-0.1, -0.05) is 12.1 Å². The minimum atomic E-state index is -0.221. The molecule has 2 aromatic rings. The normalized spacial score (nSPS) is 9.94. The van der Waals surface area contributed by atoms with Crippen LogP contribution in [-0.2, 0) is 6.54 Å². The molecular formula is C12H13ClFNS. The van der Waals surface area contributed by atoms with Crippen molar-refractivity contribution < 1.29 is 4.39 Å². The van der Waals surface area contributed by atoms with Gasteiger partial charge in [0.2, 0.25) is 0 Å².